The first-order valence-electron chi connectivity index (χ1n) is 11.5. The quantitative estimate of drug-likeness (QED) is 0.391. The lowest BCUT2D eigenvalue weighted by Crippen LogP contribution is -2.40. The first-order valence-corrected chi connectivity index (χ1v) is 13.0. The highest BCUT2D eigenvalue weighted by Gasteiger charge is 2.45. The predicted octanol–water partition coefficient (Wildman–Crippen LogP) is 5.83. The van der Waals surface area contributed by atoms with Gasteiger partial charge < -0.3 is 5.32 Å². The van der Waals surface area contributed by atoms with Crippen LogP contribution < -0.4 is 5.32 Å². The van der Waals surface area contributed by atoms with Gasteiger partial charge in [-0.3, -0.25) is 4.79 Å². The Kier molecular flexibility index (Phi) is 6.10. The van der Waals surface area contributed by atoms with Crippen LogP contribution >= 0.6 is 0 Å². The summed E-state index contributed by atoms with van der Waals surface area (Å²) in [5.41, 5.74) is 3.49. The van der Waals surface area contributed by atoms with Gasteiger partial charge in [0.15, 0.2) is 0 Å². The van der Waals surface area contributed by atoms with Crippen LogP contribution in [0.15, 0.2) is 125 Å². The number of rotatable bonds is 5. The smallest absolute Gasteiger partial charge is 0.232 e. The van der Waals surface area contributed by atoms with Crippen molar-refractivity contribution >= 4 is 21.4 Å². The van der Waals surface area contributed by atoms with Gasteiger partial charge in [-0.05, 0) is 35.7 Å². The molecule has 174 valence electrons. The Labute approximate surface area is 205 Å². The van der Waals surface area contributed by atoms with Crippen LogP contribution in [0.1, 0.15) is 34.1 Å². The molecule has 35 heavy (non-hydrogen) atoms. The molecule has 4 aromatic carbocycles. The van der Waals surface area contributed by atoms with Crippen molar-refractivity contribution in [2.45, 2.75) is 23.7 Å². The highest BCUT2D eigenvalue weighted by Crippen LogP contribution is 2.48. The van der Waals surface area contributed by atoms with E-state index in [1.165, 1.54) is 0 Å². The minimum absolute atomic E-state index is 0.201. The zero-order valence-electron chi connectivity index (χ0n) is 19.3. The van der Waals surface area contributed by atoms with Crippen LogP contribution in [0.3, 0.4) is 0 Å². The molecular formula is C30H25NO3S. The van der Waals surface area contributed by atoms with E-state index in [1.54, 1.807) is 24.3 Å². The molecule has 0 radical (unpaired) electrons. The number of benzene rings is 4. The fraction of sp³-hybridized carbons (Fsp3) is 0.100. The van der Waals surface area contributed by atoms with Crippen molar-refractivity contribution in [3.05, 3.63) is 142 Å². The standard InChI is InChI=1S/C30H25NO3S/c1-21-17-19-25(20-18-21)35(33,34)29-26(22-11-5-2-6-12-22)27(23-13-7-3-8-14-23)30(32)31-28(29)24-15-9-4-10-16-24/h2-20,26-27H,1H3,(H,31,32). The van der Waals surface area contributed by atoms with Gasteiger partial charge in [0.1, 0.15) is 0 Å². The van der Waals surface area contributed by atoms with E-state index in [9.17, 15) is 13.2 Å². The number of amides is 1. The molecule has 5 heteroatoms. The SMILES string of the molecule is Cc1ccc(S(=O)(=O)C2=C(c3ccccc3)NC(=O)C(c3ccccc3)C2c2ccccc2)cc1. The van der Waals surface area contributed by atoms with Crippen LogP contribution in [0.2, 0.25) is 0 Å². The van der Waals surface area contributed by atoms with Crippen molar-refractivity contribution in [1.29, 1.82) is 0 Å². The molecule has 5 rings (SSSR count). The van der Waals surface area contributed by atoms with Crippen molar-refractivity contribution in [2.75, 3.05) is 0 Å². The normalized spacial score (nSPS) is 18.3. The Hall–Kier alpha value is -3.96. The topological polar surface area (TPSA) is 63.2 Å². The van der Waals surface area contributed by atoms with Crippen LogP contribution in [0.4, 0.5) is 0 Å². The molecule has 0 fully saturated rings. The van der Waals surface area contributed by atoms with E-state index < -0.39 is 21.7 Å². The van der Waals surface area contributed by atoms with Gasteiger partial charge in [0.25, 0.3) is 0 Å². The molecule has 1 aliphatic heterocycles. The van der Waals surface area contributed by atoms with Crippen LogP contribution in [-0.2, 0) is 14.6 Å². The van der Waals surface area contributed by atoms with E-state index in [4.69, 9.17) is 0 Å². The Morgan fingerprint density at radius 1 is 0.629 bits per heavy atom. The van der Waals surface area contributed by atoms with Crippen molar-refractivity contribution in [1.82, 2.24) is 5.32 Å². The minimum atomic E-state index is -3.97. The van der Waals surface area contributed by atoms with Crippen molar-refractivity contribution in [3.63, 3.8) is 0 Å². The van der Waals surface area contributed by atoms with Gasteiger partial charge in [0, 0.05) is 5.92 Å². The zero-order valence-corrected chi connectivity index (χ0v) is 20.1. The van der Waals surface area contributed by atoms with E-state index in [2.05, 4.69) is 5.32 Å². The van der Waals surface area contributed by atoms with Crippen LogP contribution in [-0.4, -0.2) is 14.3 Å². The summed E-state index contributed by atoms with van der Waals surface area (Å²) >= 11 is 0. The van der Waals surface area contributed by atoms with Gasteiger partial charge in [0.05, 0.1) is 21.4 Å². The number of hydrogen-bond donors (Lipinski definition) is 1. The second-order valence-corrected chi connectivity index (χ2v) is 10.6. The molecule has 0 saturated carbocycles. The van der Waals surface area contributed by atoms with Gasteiger partial charge in [0.2, 0.25) is 15.7 Å². The summed E-state index contributed by atoms with van der Waals surface area (Å²) in [6, 6.07) is 34.9. The third-order valence-corrected chi connectivity index (χ3v) is 8.32. The number of sulfone groups is 1. The van der Waals surface area contributed by atoms with Gasteiger partial charge in [-0.25, -0.2) is 8.42 Å². The Morgan fingerprint density at radius 2 is 1.11 bits per heavy atom. The fourth-order valence-corrected chi connectivity index (χ4v) is 6.49. The molecule has 4 nitrogen and oxygen atoms in total. The summed E-state index contributed by atoms with van der Waals surface area (Å²) in [4.78, 5) is 14.1. The Balaban J connectivity index is 1.85. The lowest BCUT2D eigenvalue weighted by atomic mass is 9.77. The highest BCUT2D eigenvalue weighted by atomic mass is 32.2. The van der Waals surface area contributed by atoms with E-state index in [-0.39, 0.29) is 15.7 Å². The third kappa shape index (κ3) is 4.31. The van der Waals surface area contributed by atoms with Crippen molar-refractivity contribution < 1.29 is 13.2 Å². The first-order chi connectivity index (χ1) is 17.0. The minimum Gasteiger partial charge on any atom is -0.324 e. The van der Waals surface area contributed by atoms with Crippen molar-refractivity contribution in [2.24, 2.45) is 0 Å². The molecule has 1 heterocycles. The van der Waals surface area contributed by atoms with E-state index in [0.717, 1.165) is 16.7 Å². The monoisotopic (exact) mass is 479 g/mol. The maximum Gasteiger partial charge on any atom is 0.232 e. The Bertz CT molecular complexity index is 1480. The second kappa shape index (κ2) is 9.35. The molecule has 1 aliphatic rings. The lowest BCUT2D eigenvalue weighted by molar-refractivity contribution is -0.122. The molecule has 0 aromatic heterocycles. The molecule has 0 spiro atoms. The molecule has 1 amide bonds. The third-order valence-electron chi connectivity index (χ3n) is 6.39. The number of hydrogen-bond acceptors (Lipinski definition) is 3. The van der Waals surface area contributed by atoms with Crippen LogP contribution in [0.25, 0.3) is 5.70 Å². The van der Waals surface area contributed by atoms with E-state index in [0.29, 0.717) is 11.3 Å². The number of carbonyl (C=O) groups is 1. The number of carbonyl (C=O) groups excluding carboxylic acids is 1. The first kappa shape index (κ1) is 22.8. The van der Waals surface area contributed by atoms with Gasteiger partial charge in [-0.1, -0.05) is 109 Å². The van der Waals surface area contributed by atoms with Gasteiger partial charge in [-0.15, -0.1) is 0 Å². The lowest BCUT2D eigenvalue weighted by Gasteiger charge is -2.35. The van der Waals surface area contributed by atoms with Gasteiger partial charge >= 0.3 is 0 Å². The fourth-order valence-electron chi connectivity index (χ4n) is 4.69. The average molecular weight is 480 g/mol. The summed E-state index contributed by atoms with van der Waals surface area (Å²) in [6.45, 7) is 1.92. The molecular weight excluding hydrogens is 454 g/mol. The zero-order chi connectivity index (χ0) is 24.4. The molecule has 0 aliphatic carbocycles. The summed E-state index contributed by atoms with van der Waals surface area (Å²) in [5, 5.41) is 2.98. The van der Waals surface area contributed by atoms with E-state index in [1.807, 2.05) is 97.9 Å². The summed E-state index contributed by atoms with van der Waals surface area (Å²) in [5.74, 6) is -1.64. The predicted molar refractivity (Wildman–Crippen MR) is 138 cm³/mol. The second-order valence-electron chi connectivity index (χ2n) is 8.69. The maximum atomic E-state index is 14.3. The van der Waals surface area contributed by atoms with Crippen molar-refractivity contribution in [3.8, 4) is 0 Å². The molecule has 0 saturated heterocycles. The molecule has 1 N–H and O–H groups in total. The Morgan fingerprint density at radius 3 is 1.66 bits per heavy atom. The number of allylic oxidation sites excluding steroid dienone is 1. The number of nitrogens with one attached hydrogen (secondary N) is 1. The number of aryl methyl sites for hydroxylation is 1. The summed E-state index contributed by atoms with van der Waals surface area (Å²) < 4.78 is 28.7. The maximum absolute atomic E-state index is 14.3. The molecule has 2 atom stereocenters. The van der Waals surface area contributed by atoms with Gasteiger partial charge in [-0.2, -0.15) is 0 Å². The summed E-state index contributed by atoms with van der Waals surface area (Å²) in [6.07, 6.45) is 0. The van der Waals surface area contributed by atoms with Crippen LogP contribution in [0, 0.1) is 6.92 Å². The van der Waals surface area contributed by atoms with E-state index >= 15 is 0 Å². The highest BCUT2D eigenvalue weighted by molar-refractivity contribution is 7.95. The molecule has 2 unspecified atom stereocenters. The average Bonchev–Trinajstić information content (AvgIpc) is 2.89. The summed E-state index contributed by atoms with van der Waals surface area (Å²) in [7, 11) is -3.97. The largest absolute Gasteiger partial charge is 0.324 e. The molecule has 4 aromatic rings. The molecule has 0 bridgehead atoms. The van der Waals surface area contributed by atoms with Crippen LogP contribution in [0.5, 0.6) is 0 Å².